The molecule has 3 aromatic heterocycles. The molecule has 2 aliphatic rings. The second kappa shape index (κ2) is 8.55. The Hall–Kier alpha value is -2.91. The van der Waals surface area contributed by atoms with E-state index in [1.54, 1.807) is 35.6 Å². The summed E-state index contributed by atoms with van der Waals surface area (Å²) in [6.07, 6.45) is 9.13. The number of nitrogens with zero attached hydrogens (tertiary/aromatic N) is 3. The highest BCUT2D eigenvalue weighted by Gasteiger charge is 2.38. The predicted octanol–water partition coefficient (Wildman–Crippen LogP) is 4.35. The number of aryl methyl sites for hydroxylation is 1. The van der Waals surface area contributed by atoms with E-state index in [2.05, 4.69) is 10.3 Å². The monoisotopic (exact) mass is 466 g/mol. The van der Waals surface area contributed by atoms with Crippen molar-refractivity contribution in [1.29, 1.82) is 0 Å². The number of thioether (sulfide) groups is 1. The lowest BCUT2D eigenvalue weighted by Crippen LogP contribution is -2.36. The van der Waals surface area contributed by atoms with Gasteiger partial charge in [-0.2, -0.15) is 0 Å². The number of fused-ring (bicyclic) bond motifs is 1. The number of hydrogen-bond donors (Lipinski definition) is 1. The number of amides is 1. The highest BCUT2D eigenvalue weighted by atomic mass is 32.2. The second-order valence-electron chi connectivity index (χ2n) is 8.04. The van der Waals surface area contributed by atoms with Crippen molar-refractivity contribution in [3.05, 3.63) is 68.9 Å². The van der Waals surface area contributed by atoms with Crippen LogP contribution in [0.5, 0.6) is 0 Å². The molecule has 4 heterocycles. The maximum absolute atomic E-state index is 13.4. The maximum atomic E-state index is 13.4. The topological polar surface area (TPSA) is 79.8 Å². The highest BCUT2D eigenvalue weighted by molar-refractivity contribution is 8.26. The summed E-state index contributed by atoms with van der Waals surface area (Å²) >= 11 is 6.76. The zero-order chi connectivity index (χ0) is 22.2. The van der Waals surface area contributed by atoms with Crippen molar-refractivity contribution < 1.29 is 9.21 Å². The van der Waals surface area contributed by atoms with Crippen molar-refractivity contribution >= 4 is 51.7 Å². The number of nitrogens with one attached hydrogen (secondary N) is 1. The molecule has 1 amide bonds. The predicted molar refractivity (Wildman–Crippen MR) is 130 cm³/mol. The highest BCUT2D eigenvalue weighted by Crippen LogP contribution is 2.38. The van der Waals surface area contributed by atoms with Crippen LogP contribution < -0.4 is 10.9 Å². The number of carbonyl (C=O) groups excluding carboxylic acids is 1. The Morgan fingerprint density at radius 2 is 2.09 bits per heavy atom. The molecule has 164 valence electrons. The van der Waals surface area contributed by atoms with E-state index < -0.39 is 0 Å². The molecule has 0 atom stereocenters. The van der Waals surface area contributed by atoms with Gasteiger partial charge in [0.15, 0.2) is 0 Å². The van der Waals surface area contributed by atoms with Crippen LogP contribution in [-0.4, -0.2) is 30.6 Å². The molecule has 7 nitrogen and oxygen atoms in total. The summed E-state index contributed by atoms with van der Waals surface area (Å²) in [5, 5.41) is 3.20. The van der Waals surface area contributed by atoms with Gasteiger partial charge in [0, 0.05) is 12.2 Å². The Labute approximate surface area is 194 Å². The molecule has 3 aromatic rings. The quantitative estimate of drug-likeness (QED) is 0.442. The van der Waals surface area contributed by atoms with E-state index in [9.17, 15) is 9.59 Å². The summed E-state index contributed by atoms with van der Waals surface area (Å²) in [4.78, 5) is 33.4. The standard InChI is InChI=1S/C23H22N4O3S2/c1-14-8-9-19-25-20(24-12-16-7-4-10-30-16)17(21(28)26(19)13-14)11-18-22(29)27(23(31)32-18)15-5-2-3-6-15/h4,7-11,13,15,24H,2-3,5-6,12H2,1H3. The molecule has 1 saturated carbocycles. The molecule has 0 bridgehead atoms. The molecular formula is C23H22N4O3S2. The lowest BCUT2D eigenvalue weighted by molar-refractivity contribution is -0.123. The fourth-order valence-corrected chi connectivity index (χ4v) is 5.58. The van der Waals surface area contributed by atoms with Crippen LogP contribution in [0, 0.1) is 6.92 Å². The fourth-order valence-electron chi connectivity index (χ4n) is 4.20. The Morgan fingerprint density at radius 1 is 1.28 bits per heavy atom. The van der Waals surface area contributed by atoms with Gasteiger partial charge in [-0.15, -0.1) is 0 Å². The van der Waals surface area contributed by atoms with Gasteiger partial charge in [0.25, 0.3) is 11.5 Å². The lowest BCUT2D eigenvalue weighted by Gasteiger charge is -2.21. The SMILES string of the molecule is Cc1ccc2nc(NCc3ccco3)c(C=C3SC(=S)N(C4CCCC4)C3=O)c(=O)n2c1. The van der Waals surface area contributed by atoms with Crippen molar-refractivity contribution in [3.8, 4) is 0 Å². The zero-order valence-corrected chi connectivity index (χ0v) is 19.2. The molecule has 0 radical (unpaired) electrons. The Morgan fingerprint density at radius 3 is 2.84 bits per heavy atom. The van der Waals surface area contributed by atoms with Gasteiger partial charge in [-0.1, -0.05) is 42.9 Å². The smallest absolute Gasteiger partial charge is 0.267 e. The first-order valence-corrected chi connectivity index (χ1v) is 11.8. The second-order valence-corrected chi connectivity index (χ2v) is 9.71. The molecule has 2 fully saturated rings. The number of thiocarbonyl (C=S) groups is 1. The van der Waals surface area contributed by atoms with Crippen LogP contribution in [0.4, 0.5) is 5.82 Å². The summed E-state index contributed by atoms with van der Waals surface area (Å²) in [6.45, 7) is 2.28. The molecule has 32 heavy (non-hydrogen) atoms. The Balaban J connectivity index is 1.57. The van der Waals surface area contributed by atoms with Crippen molar-refractivity contribution in [2.24, 2.45) is 0 Å². The lowest BCUT2D eigenvalue weighted by atomic mass is 10.2. The molecule has 1 aliphatic heterocycles. The zero-order valence-electron chi connectivity index (χ0n) is 17.5. The van der Waals surface area contributed by atoms with Crippen LogP contribution >= 0.6 is 24.0 Å². The molecule has 1 aliphatic carbocycles. The van der Waals surface area contributed by atoms with E-state index in [1.807, 2.05) is 19.1 Å². The van der Waals surface area contributed by atoms with Crippen LogP contribution in [0.2, 0.25) is 0 Å². The van der Waals surface area contributed by atoms with Gasteiger partial charge in [-0.05, 0) is 49.6 Å². The summed E-state index contributed by atoms with van der Waals surface area (Å²) < 4.78 is 7.46. The summed E-state index contributed by atoms with van der Waals surface area (Å²) in [7, 11) is 0. The normalized spacial score (nSPS) is 18.4. The third kappa shape index (κ3) is 3.86. The average Bonchev–Trinajstić information content (AvgIpc) is 3.52. The summed E-state index contributed by atoms with van der Waals surface area (Å²) in [5.74, 6) is 0.994. The third-order valence-corrected chi connectivity index (χ3v) is 7.13. The first kappa shape index (κ1) is 21.0. The van der Waals surface area contributed by atoms with E-state index >= 15 is 0 Å². The number of hydrogen-bond acceptors (Lipinski definition) is 7. The van der Waals surface area contributed by atoms with Gasteiger partial charge in [0.05, 0.1) is 23.3 Å². The van der Waals surface area contributed by atoms with E-state index in [-0.39, 0.29) is 17.5 Å². The molecule has 9 heteroatoms. The number of rotatable bonds is 5. The van der Waals surface area contributed by atoms with Gasteiger partial charge in [0.1, 0.15) is 21.5 Å². The molecule has 1 saturated heterocycles. The summed E-state index contributed by atoms with van der Waals surface area (Å²) in [6, 6.07) is 7.51. The first-order chi connectivity index (χ1) is 15.5. The Bertz CT molecular complexity index is 1290. The molecular weight excluding hydrogens is 444 g/mol. The van der Waals surface area contributed by atoms with Crippen LogP contribution in [-0.2, 0) is 11.3 Å². The van der Waals surface area contributed by atoms with Crippen molar-refractivity contribution in [2.75, 3.05) is 5.32 Å². The number of furan rings is 1. The minimum Gasteiger partial charge on any atom is -0.467 e. The van der Waals surface area contributed by atoms with Crippen LogP contribution in [0.15, 0.2) is 50.8 Å². The van der Waals surface area contributed by atoms with Gasteiger partial charge < -0.3 is 9.73 Å². The largest absolute Gasteiger partial charge is 0.467 e. The van der Waals surface area contributed by atoms with Crippen molar-refractivity contribution in [3.63, 3.8) is 0 Å². The fraction of sp³-hybridized carbons (Fsp3) is 0.304. The van der Waals surface area contributed by atoms with Gasteiger partial charge in [-0.25, -0.2) is 4.98 Å². The van der Waals surface area contributed by atoms with Crippen LogP contribution in [0.3, 0.4) is 0 Å². The molecule has 0 unspecified atom stereocenters. The van der Waals surface area contributed by atoms with E-state index in [1.165, 1.54) is 16.2 Å². The summed E-state index contributed by atoms with van der Waals surface area (Å²) in [5.41, 5.74) is 1.55. The van der Waals surface area contributed by atoms with E-state index in [0.29, 0.717) is 32.8 Å². The van der Waals surface area contributed by atoms with Gasteiger partial charge >= 0.3 is 0 Å². The van der Waals surface area contributed by atoms with Crippen LogP contribution in [0.25, 0.3) is 11.7 Å². The van der Waals surface area contributed by atoms with E-state index in [4.69, 9.17) is 16.6 Å². The third-order valence-electron chi connectivity index (χ3n) is 5.80. The number of aromatic nitrogens is 2. The van der Waals surface area contributed by atoms with Gasteiger partial charge in [-0.3, -0.25) is 18.9 Å². The number of anilines is 1. The molecule has 5 rings (SSSR count). The maximum Gasteiger partial charge on any atom is 0.267 e. The van der Waals surface area contributed by atoms with E-state index in [0.717, 1.165) is 37.0 Å². The van der Waals surface area contributed by atoms with Crippen molar-refractivity contribution in [1.82, 2.24) is 14.3 Å². The average molecular weight is 467 g/mol. The minimum absolute atomic E-state index is 0.127. The van der Waals surface area contributed by atoms with Gasteiger partial charge in [0.2, 0.25) is 0 Å². The molecule has 1 N–H and O–H groups in total. The number of pyridine rings is 1. The first-order valence-electron chi connectivity index (χ1n) is 10.6. The van der Waals surface area contributed by atoms with Crippen LogP contribution in [0.1, 0.15) is 42.6 Å². The Kier molecular flexibility index (Phi) is 5.60. The molecule has 0 aromatic carbocycles. The molecule has 0 spiro atoms. The van der Waals surface area contributed by atoms with Crippen molar-refractivity contribution in [2.45, 2.75) is 45.2 Å². The number of carbonyl (C=O) groups is 1. The minimum atomic E-state index is -0.244.